The van der Waals surface area contributed by atoms with Gasteiger partial charge >= 0.3 is 0 Å². The summed E-state index contributed by atoms with van der Waals surface area (Å²) >= 11 is 1.72. The summed E-state index contributed by atoms with van der Waals surface area (Å²) in [7, 11) is 0. The molecule has 1 heterocycles. The molecule has 0 fully saturated rings. The molecule has 8 rings (SSSR count). The third-order valence-corrected chi connectivity index (χ3v) is 8.82. The first-order valence-corrected chi connectivity index (χ1v) is 14.0. The molecule has 0 atom stereocenters. The molecule has 40 heavy (non-hydrogen) atoms. The molecular formula is C37H21NOS. The largest absolute Gasteiger partial charge is 0.455 e. The van der Waals surface area contributed by atoms with Crippen molar-refractivity contribution in [3.05, 3.63) is 133 Å². The van der Waals surface area contributed by atoms with Crippen LogP contribution in [0.15, 0.2) is 137 Å². The van der Waals surface area contributed by atoms with E-state index in [9.17, 15) is 5.26 Å². The van der Waals surface area contributed by atoms with Crippen LogP contribution < -0.4 is 4.74 Å². The normalized spacial score (nSPS) is 12.1. The topological polar surface area (TPSA) is 33.0 Å². The second-order valence-corrected chi connectivity index (χ2v) is 11.2. The molecule has 1 aliphatic heterocycles. The maximum atomic E-state index is 9.94. The zero-order valence-corrected chi connectivity index (χ0v) is 22.2. The van der Waals surface area contributed by atoms with Gasteiger partial charge in [0.15, 0.2) is 0 Å². The molecule has 2 nitrogen and oxygen atoms in total. The molecule has 1 aliphatic rings. The first-order valence-electron chi connectivity index (χ1n) is 13.2. The van der Waals surface area contributed by atoms with Crippen molar-refractivity contribution in [1.29, 1.82) is 5.26 Å². The number of para-hydroxylation sites is 1. The highest BCUT2D eigenvalue weighted by atomic mass is 32.2. The fourth-order valence-corrected chi connectivity index (χ4v) is 6.75. The Bertz CT molecular complexity index is 2160. The minimum atomic E-state index is 0.634. The predicted molar refractivity (Wildman–Crippen MR) is 165 cm³/mol. The SMILES string of the molecule is N#Cc1cc(-c2ccc3c(c2)Oc2ccccc2S3)cc(-c2ccc3c4ccccc4c4ccccc4c3c2)c1. The fourth-order valence-electron chi connectivity index (χ4n) is 5.82. The Morgan fingerprint density at radius 2 is 1.00 bits per heavy atom. The molecular weight excluding hydrogens is 506 g/mol. The zero-order chi connectivity index (χ0) is 26.6. The zero-order valence-electron chi connectivity index (χ0n) is 21.4. The quantitative estimate of drug-likeness (QED) is 0.210. The molecule has 0 spiro atoms. The maximum absolute atomic E-state index is 9.94. The van der Waals surface area contributed by atoms with Gasteiger partial charge in [-0.25, -0.2) is 0 Å². The van der Waals surface area contributed by atoms with Crippen molar-refractivity contribution >= 4 is 44.1 Å². The molecule has 0 unspecified atom stereocenters. The first-order chi connectivity index (χ1) is 19.7. The predicted octanol–water partition coefficient (Wildman–Crippen LogP) is 10.6. The van der Waals surface area contributed by atoms with Crippen LogP contribution in [-0.4, -0.2) is 0 Å². The number of nitriles is 1. The van der Waals surface area contributed by atoms with E-state index in [4.69, 9.17) is 4.74 Å². The average molecular weight is 528 g/mol. The number of benzene rings is 7. The van der Waals surface area contributed by atoms with Gasteiger partial charge in [0.25, 0.3) is 0 Å². The molecule has 0 bridgehead atoms. The summed E-state index contributed by atoms with van der Waals surface area (Å²) in [6.45, 7) is 0. The Kier molecular flexibility index (Phi) is 5.16. The van der Waals surface area contributed by atoms with E-state index in [1.165, 1.54) is 32.3 Å². The summed E-state index contributed by atoms with van der Waals surface area (Å²) in [5.41, 5.74) is 4.76. The summed E-state index contributed by atoms with van der Waals surface area (Å²) in [6, 6.07) is 46.8. The summed E-state index contributed by atoms with van der Waals surface area (Å²) in [6.07, 6.45) is 0. The van der Waals surface area contributed by atoms with E-state index >= 15 is 0 Å². The highest BCUT2D eigenvalue weighted by Crippen LogP contribution is 2.48. The third-order valence-electron chi connectivity index (χ3n) is 7.71. The number of hydrogen-bond acceptors (Lipinski definition) is 3. The molecule has 0 aromatic heterocycles. The Balaban J connectivity index is 1.28. The Morgan fingerprint density at radius 3 is 1.70 bits per heavy atom. The molecule has 3 heteroatoms. The van der Waals surface area contributed by atoms with Gasteiger partial charge in [-0.15, -0.1) is 0 Å². The monoisotopic (exact) mass is 527 g/mol. The van der Waals surface area contributed by atoms with Gasteiger partial charge in [-0.2, -0.15) is 5.26 Å². The lowest BCUT2D eigenvalue weighted by atomic mass is 9.91. The van der Waals surface area contributed by atoms with Crippen molar-refractivity contribution < 1.29 is 4.74 Å². The maximum Gasteiger partial charge on any atom is 0.142 e. The van der Waals surface area contributed by atoms with Gasteiger partial charge in [0, 0.05) is 0 Å². The molecule has 0 saturated heterocycles. The number of hydrogen-bond donors (Lipinski definition) is 0. The number of rotatable bonds is 2. The Morgan fingerprint density at radius 1 is 0.450 bits per heavy atom. The molecule has 0 saturated carbocycles. The fraction of sp³-hybridized carbons (Fsp3) is 0. The van der Waals surface area contributed by atoms with E-state index in [1.807, 2.05) is 30.3 Å². The summed E-state index contributed by atoms with van der Waals surface area (Å²) in [5.74, 6) is 1.72. The standard InChI is InChI=1S/C37H21NOS/c38-22-23-17-26(19-27(18-23)25-14-16-37-35(21-25)39-34-11-5-6-12-36(34)40-37)24-13-15-32-30-9-2-1-7-28(30)29-8-3-4-10-31(29)33(32)20-24/h1-21H. The van der Waals surface area contributed by atoms with Gasteiger partial charge in [0.1, 0.15) is 11.5 Å². The van der Waals surface area contributed by atoms with Gasteiger partial charge < -0.3 is 4.74 Å². The van der Waals surface area contributed by atoms with Crippen molar-refractivity contribution in [2.45, 2.75) is 9.79 Å². The number of fused-ring (bicyclic) bond motifs is 8. The van der Waals surface area contributed by atoms with Gasteiger partial charge in [0.05, 0.1) is 21.4 Å². The van der Waals surface area contributed by atoms with Gasteiger partial charge in [-0.05, 0) is 103 Å². The Hall–Kier alpha value is -5.04. The minimum absolute atomic E-state index is 0.634. The lowest BCUT2D eigenvalue weighted by Gasteiger charge is -2.20. The van der Waals surface area contributed by atoms with Crippen molar-refractivity contribution in [1.82, 2.24) is 0 Å². The van der Waals surface area contributed by atoms with Crippen LogP contribution in [0.4, 0.5) is 0 Å². The highest BCUT2D eigenvalue weighted by Gasteiger charge is 2.18. The van der Waals surface area contributed by atoms with E-state index in [0.29, 0.717) is 5.56 Å². The molecule has 186 valence electrons. The molecule has 0 amide bonds. The molecule has 0 aliphatic carbocycles. The first kappa shape index (κ1) is 22.9. The molecule has 7 aromatic rings. The van der Waals surface area contributed by atoms with Crippen molar-refractivity contribution in [2.75, 3.05) is 0 Å². The van der Waals surface area contributed by atoms with Crippen LogP contribution in [0.2, 0.25) is 0 Å². The van der Waals surface area contributed by atoms with Crippen LogP contribution in [0.3, 0.4) is 0 Å². The lowest BCUT2D eigenvalue weighted by molar-refractivity contribution is 0.455. The van der Waals surface area contributed by atoms with Crippen LogP contribution in [0.5, 0.6) is 11.5 Å². The van der Waals surface area contributed by atoms with Crippen molar-refractivity contribution in [2.24, 2.45) is 0 Å². The van der Waals surface area contributed by atoms with E-state index in [2.05, 4.69) is 103 Å². The molecule has 0 radical (unpaired) electrons. The highest BCUT2D eigenvalue weighted by molar-refractivity contribution is 7.99. The Labute approximate surface area is 236 Å². The molecule has 0 N–H and O–H groups in total. The lowest BCUT2D eigenvalue weighted by Crippen LogP contribution is -1.95. The number of nitrogens with zero attached hydrogens (tertiary/aromatic N) is 1. The second-order valence-electron chi connectivity index (χ2n) is 10.1. The van der Waals surface area contributed by atoms with Crippen LogP contribution in [0.1, 0.15) is 5.56 Å². The summed E-state index contributed by atoms with van der Waals surface area (Å²) < 4.78 is 6.25. The second kappa shape index (κ2) is 9.02. The van der Waals surface area contributed by atoms with Gasteiger partial charge in [-0.3, -0.25) is 0 Å². The third kappa shape index (κ3) is 3.66. The average Bonchev–Trinajstić information content (AvgIpc) is 3.03. The summed E-state index contributed by atoms with van der Waals surface area (Å²) in [4.78, 5) is 2.21. The summed E-state index contributed by atoms with van der Waals surface area (Å²) in [5, 5.41) is 17.4. The van der Waals surface area contributed by atoms with E-state index in [1.54, 1.807) is 11.8 Å². The van der Waals surface area contributed by atoms with Crippen LogP contribution in [0.25, 0.3) is 54.6 Å². The van der Waals surface area contributed by atoms with E-state index in [0.717, 1.165) is 43.5 Å². The van der Waals surface area contributed by atoms with Crippen LogP contribution >= 0.6 is 11.8 Å². The van der Waals surface area contributed by atoms with Crippen LogP contribution in [-0.2, 0) is 0 Å². The smallest absolute Gasteiger partial charge is 0.142 e. The van der Waals surface area contributed by atoms with Gasteiger partial charge in [-0.1, -0.05) is 90.6 Å². The van der Waals surface area contributed by atoms with Crippen LogP contribution in [0, 0.1) is 11.3 Å². The van der Waals surface area contributed by atoms with Gasteiger partial charge in [0.2, 0.25) is 0 Å². The number of ether oxygens (including phenoxy) is 1. The van der Waals surface area contributed by atoms with Crippen molar-refractivity contribution in [3.63, 3.8) is 0 Å². The van der Waals surface area contributed by atoms with Crippen molar-refractivity contribution in [3.8, 4) is 39.8 Å². The minimum Gasteiger partial charge on any atom is -0.455 e. The van der Waals surface area contributed by atoms with E-state index in [-0.39, 0.29) is 0 Å². The molecule has 7 aromatic carbocycles. The van der Waals surface area contributed by atoms with E-state index < -0.39 is 0 Å².